The first-order valence-corrected chi connectivity index (χ1v) is 6.86. The number of aryl methyl sites for hydroxylation is 1. The summed E-state index contributed by atoms with van der Waals surface area (Å²) in [5.41, 5.74) is 2.31. The lowest BCUT2D eigenvalue weighted by Gasteiger charge is -2.15. The van der Waals surface area contributed by atoms with Gasteiger partial charge in [-0.3, -0.25) is 4.68 Å². The van der Waals surface area contributed by atoms with Gasteiger partial charge in [0.1, 0.15) is 0 Å². The van der Waals surface area contributed by atoms with Gasteiger partial charge in [0.05, 0.1) is 17.3 Å². The van der Waals surface area contributed by atoms with Crippen LogP contribution < -0.4 is 5.32 Å². The number of aromatic nitrogens is 2. The van der Waals surface area contributed by atoms with Crippen LogP contribution in [0.4, 0.5) is 0 Å². The standard InChI is InChI=1S/C16H21N3/c1-4-6-7-11-14(17-5-2)16-13-10-8-9-12-15(13)19(3)18-16/h1,8-10,12,14,17H,5-7,11H2,2-3H3. The largest absolute Gasteiger partial charge is 0.309 e. The predicted molar refractivity (Wildman–Crippen MR) is 79.8 cm³/mol. The molecule has 0 fully saturated rings. The minimum absolute atomic E-state index is 0.282. The summed E-state index contributed by atoms with van der Waals surface area (Å²) in [6, 6.07) is 8.65. The van der Waals surface area contributed by atoms with Crippen LogP contribution >= 0.6 is 0 Å². The topological polar surface area (TPSA) is 29.9 Å². The molecular weight excluding hydrogens is 234 g/mol. The number of unbranched alkanes of at least 4 members (excludes halogenated alkanes) is 1. The molecule has 0 saturated heterocycles. The highest BCUT2D eigenvalue weighted by molar-refractivity contribution is 5.82. The Labute approximate surface area is 115 Å². The third kappa shape index (κ3) is 2.97. The van der Waals surface area contributed by atoms with E-state index in [2.05, 4.69) is 41.5 Å². The molecule has 1 heterocycles. The highest BCUT2D eigenvalue weighted by atomic mass is 15.3. The van der Waals surface area contributed by atoms with E-state index in [1.54, 1.807) is 0 Å². The van der Waals surface area contributed by atoms with Crippen molar-refractivity contribution in [1.82, 2.24) is 15.1 Å². The molecule has 0 spiro atoms. The van der Waals surface area contributed by atoms with Gasteiger partial charge in [-0.1, -0.05) is 25.1 Å². The Hall–Kier alpha value is -1.79. The van der Waals surface area contributed by atoms with Crippen LogP contribution in [0.5, 0.6) is 0 Å². The van der Waals surface area contributed by atoms with Crippen molar-refractivity contribution in [2.24, 2.45) is 7.05 Å². The quantitative estimate of drug-likeness (QED) is 0.635. The Kier molecular flexibility index (Phi) is 4.59. The maximum Gasteiger partial charge on any atom is 0.0872 e. The highest BCUT2D eigenvalue weighted by Crippen LogP contribution is 2.26. The predicted octanol–water partition coefficient (Wildman–Crippen LogP) is 3.03. The van der Waals surface area contributed by atoms with Gasteiger partial charge in [0.15, 0.2) is 0 Å². The minimum atomic E-state index is 0.282. The van der Waals surface area contributed by atoms with Gasteiger partial charge >= 0.3 is 0 Å². The number of terminal acetylenes is 1. The van der Waals surface area contributed by atoms with Crippen molar-refractivity contribution in [2.45, 2.75) is 32.2 Å². The van der Waals surface area contributed by atoms with Gasteiger partial charge in [-0.25, -0.2) is 0 Å². The molecule has 0 radical (unpaired) electrons. The summed E-state index contributed by atoms with van der Waals surface area (Å²) < 4.78 is 1.95. The van der Waals surface area contributed by atoms with Gasteiger partial charge in [0, 0.05) is 18.9 Å². The number of para-hydroxylation sites is 1. The molecule has 1 aromatic carbocycles. The van der Waals surface area contributed by atoms with Crippen LogP contribution in [-0.2, 0) is 7.05 Å². The van der Waals surface area contributed by atoms with E-state index >= 15 is 0 Å². The van der Waals surface area contributed by atoms with E-state index in [-0.39, 0.29) is 6.04 Å². The fourth-order valence-corrected chi connectivity index (χ4v) is 2.49. The van der Waals surface area contributed by atoms with E-state index in [4.69, 9.17) is 6.42 Å². The second kappa shape index (κ2) is 6.40. The van der Waals surface area contributed by atoms with E-state index < -0.39 is 0 Å². The number of hydrogen-bond donors (Lipinski definition) is 1. The fourth-order valence-electron chi connectivity index (χ4n) is 2.49. The number of rotatable bonds is 6. The van der Waals surface area contributed by atoms with E-state index in [0.717, 1.165) is 31.5 Å². The second-order valence-electron chi connectivity index (χ2n) is 4.73. The SMILES string of the molecule is C#CCCCC(NCC)c1nn(C)c2ccccc12. The average Bonchev–Trinajstić information content (AvgIpc) is 2.76. The average molecular weight is 255 g/mol. The molecule has 19 heavy (non-hydrogen) atoms. The maximum absolute atomic E-state index is 5.33. The van der Waals surface area contributed by atoms with Crippen molar-refractivity contribution in [3.8, 4) is 12.3 Å². The van der Waals surface area contributed by atoms with Crippen molar-refractivity contribution >= 4 is 10.9 Å². The second-order valence-corrected chi connectivity index (χ2v) is 4.73. The van der Waals surface area contributed by atoms with Gasteiger partial charge in [-0.15, -0.1) is 12.3 Å². The van der Waals surface area contributed by atoms with Gasteiger partial charge in [0.25, 0.3) is 0 Å². The molecule has 0 saturated carbocycles. The third-order valence-electron chi connectivity index (χ3n) is 3.38. The molecule has 2 aromatic rings. The van der Waals surface area contributed by atoms with Crippen LogP contribution in [0.3, 0.4) is 0 Å². The van der Waals surface area contributed by atoms with Crippen LogP contribution in [-0.4, -0.2) is 16.3 Å². The lowest BCUT2D eigenvalue weighted by molar-refractivity contribution is 0.488. The molecule has 0 aliphatic heterocycles. The summed E-state index contributed by atoms with van der Waals surface area (Å²) in [5.74, 6) is 2.71. The molecule has 0 amide bonds. The summed E-state index contributed by atoms with van der Waals surface area (Å²) in [6.07, 6.45) is 8.21. The molecule has 0 bridgehead atoms. The van der Waals surface area contributed by atoms with Crippen molar-refractivity contribution < 1.29 is 0 Å². The number of benzene rings is 1. The molecule has 2 rings (SSSR count). The molecule has 1 unspecified atom stereocenters. The number of nitrogens with one attached hydrogen (secondary N) is 1. The van der Waals surface area contributed by atoms with Crippen LogP contribution in [0.15, 0.2) is 24.3 Å². The first kappa shape index (κ1) is 13.6. The number of nitrogens with zero attached hydrogens (tertiary/aromatic N) is 2. The fraction of sp³-hybridized carbons (Fsp3) is 0.438. The molecule has 0 aliphatic rings. The molecule has 3 nitrogen and oxygen atoms in total. The Morgan fingerprint density at radius 3 is 2.95 bits per heavy atom. The summed E-state index contributed by atoms with van der Waals surface area (Å²) in [6.45, 7) is 3.06. The molecule has 0 aliphatic carbocycles. The number of fused-ring (bicyclic) bond motifs is 1. The Morgan fingerprint density at radius 1 is 1.42 bits per heavy atom. The Balaban J connectivity index is 2.30. The third-order valence-corrected chi connectivity index (χ3v) is 3.38. The molecule has 1 aromatic heterocycles. The minimum Gasteiger partial charge on any atom is -0.309 e. The highest BCUT2D eigenvalue weighted by Gasteiger charge is 2.17. The smallest absolute Gasteiger partial charge is 0.0872 e. The van der Waals surface area contributed by atoms with E-state index in [1.165, 1.54) is 10.9 Å². The monoisotopic (exact) mass is 255 g/mol. The van der Waals surface area contributed by atoms with E-state index in [0.29, 0.717) is 0 Å². The van der Waals surface area contributed by atoms with Gasteiger partial charge in [-0.05, 0) is 25.5 Å². The van der Waals surface area contributed by atoms with Crippen molar-refractivity contribution in [3.63, 3.8) is 0 Å². The van der Waals surface area contributed by atoms with Crippen LogP contribution in [0.1, 0.15) is 37.9 Å². The van der Waals surface area contributed by atoms with Gasteiger partial charge < -0.3 is 5.32 Å². The lowest BCUT2D eigenvalue weighted by Crippen LogP contribution is -2.21. The lowest BCUT2D eigenvalue weighted by atomic mass is 10.0. The molecule has 100 valence electrons. The van der Waals surface area contributed by atoms with Crippen LogP contribution in [0.25, 0.3) is 10.9 Å². The van der Waals surface area contributed by atoms with Gasteiger partial charge in [-0.2, -0.15) is 5.10 Å². The van der Waals surface area contributed by atoms with E-state index in [9.17, 15) is 0 Å². The van der Waals surface area contributed by atoms with Crippen molar-refractivity contribution in [1.29, 1.82) is 0 Å². The zero-order valence-corrected chi connectivity index (χ0v) is 11.7. The number of hydrogen-bond acceptors (Lipinski definition) is 2. The first-order chi connectivity index (χ1) is 9.27. The molecule has 3 heteroatoms. The summed E-state index contributed by atoms with van der Waals surface area (Å²) in [7, 11) is 2.00. The Bertz CT molecular complexity index is 577. The summed E-state index contributed by atoms with van der Waals surface area (Å²) >= 11 is 0. The maximum atomic E-state index is 5.33. The van der Waals surface area contributed by atoms with Crippen molar-refractivity contribution in [3.05, 3.63) is 30.0 Å². The van der Waals surface area contributed by atoms with E-state index in [1.807, 2.05) is 17.8 Å². The summed E-state index contributed by atoms with van der Waals surface area (Å²) in [5, 5.41) is 9.44. The molecule has 1 N–H and O–H groups in total. The Morgan fingerprint density at radius 2 is 2.21 bits per heavy atom. The summed E-state index contributed by atoms with van der Waals surface area (Å²) in [4.78, 5) is 0. The van der Waals surface area contributed by atoms with Gasteiger partial charge in [0.2, 0.25) is 0 Å². The molecular formula is C16H21N3. The van der Waals surface area contributed by atoms with Crippen LogP contribution in [0, 0.1) is 12.3 Å². The van der Waals surface area contributed by atoms with Crippen molar-refractivity contribution in [2.75, 3.05) is 6.54 Å². The zero-order valence-electron chi connectivity index (χ0n) is 11.7. The van der Waals surface area contributed by atoms with Crippen LogP contribution in [0.2, 0.25) is 0 Å². The molecule has 1 atom stereocenters. The zero-order chi connectivity index (χ0) is 13.7. The first-order valence-electron chi connectivity index (χ1n) is 6.86. The normalized spacial score (nSPS) is 12.5.